The number of aromatic nitrogens is 2. The fraction of sp³-hybridized carbons (Fsp3) is 0.444. The highest BCUT2D eigenvalue weighted by Crippen LogP contribution is 2.21. The smallest absolute Gasteiger partial charge is 0.232 e. The van der Waals surface area contributed by atoms with Crippen LogP contribution in [0.25, 0.3) is 0 Å². The van der Waals surface area contributed by atoms with E-state index in [1.807, 2.05) is 12.1 Å². The van der Waals surface area contributed by atoms with Crippen molar-refractivity contribution < 1.29 is 9.47 Å². The first-order valence-corrected chi connectivity index (χ1v) is 8.07. The van der Waals surface area contributed by atoms with E-state index in [4.69, 9.17) is 9.47 Å². The number of ether oxygens (including phenoxy) is 2. The Morgan fingerprint density at radius 2 is 1.91 bits per heavy atom. The van der Waals surface area contributed by atoms with Gasteiger partial charge in [-0.1, -0.05) is 12.1 Å². The van der Waals surface area contributed by atoms with Crippen molar-refractivity contribution >= 4 is 0 Å². The van der Waals surface area contributed by atoms with Crippen molar-refractivity contribution in [1.29, 1.82) is 0 Å². The van der Waals surface area contributed by atoms with E-state index in [2.05, 4.69) is 27.0 Å². The van der Waals surface area contributed by atoms with E-state index >= 15 is 0 Å². The van der Waals surface area contributed by atoms with Gasteiger partial charge < -0.3 is 9.47 Å². The molecule has 0 bridgehead atoms. The molecule has 1 aliphatic heterocycles. The summed E-state index contributed by atoms with van der Waals surface area (Å²) in [5.41, 5.74) is 1.33. The van der Waals surface area contributed by atoms with Gasteiger partial charge in [0.15, 0.2) is 0 Å². The van der Waals surface area contributed by atoms with Gasteiger partial charge in [-0.15, -0.1) is 0 Å². The average Bonchev–Trinajstić information content (AvgIpc) is 2.63. The molecule has 3 rings (SSSR count). The van der Waals surface area contributed by atoms with Crippen molar-refractivity contribution in [3.63, 3.8) is 0 Å². The number of methoxy groups -OCH3 is 1. The van der Waals surface area contributed by atoms with Gasteiger partial charge in [0.1, 0.15) is 5.75 Å². The normalized spacial score (nSPS) is 16.2. The van der Waals surface area contributed by atoms with Crippen molar-refractivity contribution in [3.05, 3.63) is 48.4 Å². The van der Waals surface area contributed by atoms with Crippen LogP contribution in [0, 0.1) is 5.92 Å². The second-order valence-electron chi connectivity index (χ2n) is 5.92. The summed E-state index contributed by atoms with van der Waals surface area (Å²) in [6.07, 6.45) is 7.31. The van der Waals surface area contributed by atoms with E-state index < -0.39 is 0 Å². The Morgan fingerprint density at radius 3 is 2.57 bits per heavy atom. The highest BCUT2D eigenvalue weighted by atomic mass is 16.5. The molecular weight excluding hydrogens is 290 g/mol. The lowest BCUT2D eigenvalue weighted by Crippen LogP contribution is -2.35. The molecule has 5 heteroatoms. The molecule has 0 saturated carbocycles. The van der Waals surface area contributed by atoms with Crippen LogP contribution in [-0.4, -0.2) is 41.7 Å². The fourth-order valence-electron chi connectivity index (χ4n) is 2.86. The van der Waals surface area contributed by atoms with E-state index in [0.717, 1.165) is 44.8 Å². The maximum Gasteiger partial charge on any atom is 0.232 e. The first kappa shape index (κ1) is 15.7. The standard InChI is InChI=1S/C18H23N3O2/c1-22-17-4-2-15(3-5-17)13-21-10-6-16(7-11-21)14-23-18-12-19-8-9-20-18/h2-5,8-9,12,16H,6-7,10-11,13-14H2,1H3. The molecule has 1 fully saturated rings. The Kier molecular flexibility index (Phi) is 5.42. The summed E-state index contributed by atoms with van der Waals surface area (Å²) in [6, 6.07) is 8.33. The molecule has 1 saturated heterocycles. The van der Waals surface area contributed by atoms with E-state index in [-0.39, 0.29) is 0 Å². The van der Waals surface area contributed by atoms with Crippen LogP contribution in [0.2, 0.25) is 0 Å². The molecule has 0 amide bonds. The average molecular weight is 313 g/mol. The summed E-state index contributed by atoms with van der Waals surface area (Å²) < 4.78 is 10.9. The van der Waals surface area contributed by atoms with E-state index in [0.29, 0.717) is 11.8 Å². The second-order valence-corrected chi connectivity index (χ2v) is 5.92. The largest absolute Gasteiger partial charge is 0.497 e. The highest BCUT2D eigenvalue weighted by Gasteiger charge is 2.20. The van der Waals surface area contributed by atoms with Crippen LogP contribution in [0.3, 0.4) is 0 Å². The van der Waals surface area contributed by atoms with Crippen LogP contribution in [0.4, 0.5) is 0 Å². The lowest BCUT2D eigenvalue weighted by molar-refractivity contribution is 0.134. The van der Waals surface area contributed by atoms with Crippen LogP contribution in [0.5, 0.6) is 11.6 Å². The predicted molar refractivity (Wildman–Crippen MR) is 88.5 cm³/mol. The topological polar surface area (TPSA) is 47.5 Å². The molecule has 1 aliphatic rings. The van der Waals surface area contributed by atoms with Gasteiger partial charge in [-0.05, 0) is 49.5 Å². The summed E-state index contributed by atoms with van der Waals surface area (Å²) in [5, 5.41) is 0. The summed E-state index contributed by atoms with van der Waals surface area (Å²) in [5.74, 6) is 2.13. The Balaban J connectivity index is 1.41. The monoisotopic (exact) mass is 313 g/mol. The van der Waals surface area contributed by atoms with Gasteiger partial charge in [0.2, 0.25) is 5.88 Å². The zero-order valence-corrected chi connectivity index (χ0v) is 13.5. The maximum atomic E-state index is 5.72. The number of hydrogen-bond acceptors (Lipinski definition) is 5. The first-order chi connectivity index (χ1) is 11.3. The van der Waals surface area contributed by atoms with Gasteiger partial charge in [-0.25, -0.2) is 4.98 Å². The van der Waals surface area contributed by atoms with Crippen molar-refractivity contribution in [2.24, 2.45) is 5.92 Å². The maximum absolute atomic E-state index is 5.72. The SMILES string of the molecule is COc1ccc(CN2CCC(COc3cnccn3)CC2)cc1. The third kappa shape index (κ3) is 4.66. The number of piperidine rings is 1. The van der Waals surface area contributed by atoms with Crippen LogP contribution in [0.15, 0.2) is 42.9 Å². The Hall–Kier alpha value is -2.14. The van der Waals surface area contributed by atoms with Gasteiger partial charge in [0.25, 0.3) is 0 Å². The van der Waals surface area contributed by atoms with Crippen molar-refractivity contribution in [2.45, 2.75) is 19.4 Å². The number of benzene rings is 1. The van der Waals surface area contributed by atoms with Gasteiger partial charge in [-0.2, -0.15) is 0 Å². The van der Waals surface area contributed by atoms with E-state index in [1.165, 1.54) is 5.56 Å². The van der Waals surface area contributed by atoms with Crippen LogP contribution < -0.4 is 9.47 Å². The summed E-state index contributed by atoms with van der Waals surface area (Å²) in [6.45, 7) is 3.96. The Morgan fingerprint density at radius 1 is 1.13 bits per heavy atom. The molecule has 1 aromatic heterocycles. The lowest BCUT2D eigenvalue weighted by Gasteiger charge is -2.31. The van der Waals surface area contributed by atoms with Crippen molar-refractivity contribution in [1.82, 2.24) is 14.9 Å². The molecule has 2 heterocycles. The summed E-state index contributed by atoms with van der Waals surface area (Å²) >= 11 is 0. The van der Waals surface area contributed by atoms with Crippen LogP contribution in [-0.2, 0) is 6.54 Å². The minimum atomic E-state index is 0.601. The molecule has 0 aliphatic carbocycles. The molecule has 0 radical (unpaired) electrons. The molecule has 122 valence electrons. The van der Waals surface area contributed by atoms with E-state index in [9.17, 15) is 0 Å². The molecule has 0 unspecified atom stereocenters. The first-order valence-electron chi connectivity index (χ1n) is 8.07. The molecule has 1 aromatic carbocycles. The minimum absolute atomic E-state index is 0.601. The number of rotatable bonds is 6. The molecule has 23 heavy (non-hydrogen) atoms. The zero-order chi connectivity index (χ0) is 15.9. The quantitative estimate of drug-likeness (QED) is 0.820. The Labute approximate surface area is 137 Å². The Bertz CT molecular complexity index is 581. The number of likely N-dealkylation sites (tertiary alicyclic amines) is 1. The lowest BCUT2D eigenvalue weighted by atomic mass is 9.97. The molecular formula is C18H23N3O2. The van der Waals surface area contributed by atoms with Crippen molar-refractivity contribution in [3.8, 4) is 11.6 Å². The predicted octanol–water partition coefficient (Wildman–Crippen LogP) is 2.78. The van der Waals surface area contributed by atoms with Crippen LogP contribution in [0.1, 0.15) is 18.4 Å². The van der Waals surface area contributed by atoms with Gasteiger partial charge in [0, 0.05) is 18.9 Å². The van der Waals surface area contributed by atoms with Gasteiger partial charge >= 0.3 is 0 Å². The van der Waals surface area contributed by atoms with E-state index in [1.54, 1.807) is 25.7 Å². The number of hydrogen-bond donors (Lipinski definition) is 0. The summed E-state index contributed by atoms with van der Waals surface area (Å²) in [7, 11) is 1.70. The van der Waals surface area contributed by atoms with Gasteiger partial charge in [0.05, 0.1) is 19.9 Å². The third-order valence-electron chi connectivity index (χ3n) is 4.28. The fourth-order valence-corrected chi connectivity index (χ4v) is 2.86. The second kappa shape index (κ2) is 7.92. The molecule has 0 N–H and O–H groups in total. The molecule has 5 nitrogen and oxygen atoms in total. The van der Waals surface area contributed by atoms with Crippen molar-refractivity contribution in [2.75, 3.05) is 26.8 Å². The molecule has 2 aromatic rings. The van der Waals surface area contributed by atoms with Crippen LogP contribution >= 0.6 is 0 Å². The third-order valence-corrected chi connectivity index (χ3v) is 4.28. The van der Waals surface area contributed by atoms with Gasteiger partial charge in [-0.3, -0.25) is 9.88 Å². The highest BCUT2D eigenvalue weighted by molar-refractivity contribution is 5.27. The molecule has 0 spiro atoms. The minimum Gasteiger partial charge on any atom is -0.497 e. The molecule has 0 atom stereocenters. The zero-order valence-electron chi connectivity index (χ0n) is 13.5. The number of nitrogens with zero attached hydrogens (tertiary/aromatic N) is 3. The summed E-state index contributed by atoms with van der Waals surface area (Å²) in [4.78, 5) is 10.7.